The van der Waals surface area contributed by atoms with Gasteiger partial charge in [-0.15, -0.1) is 6.58 Å². The molecule has 4 heteroatoms. The van der Waals surface area contributed by atoms with Crippen molar-refractivity contribution >= 4 is 5.57 Å². The first kappa shape index (κ1) is 29.4. The van der Waals surface area contributed by atoms with Gasteiger partial charge in [0.25, 0.3) is 0 Å². The van der Waals surface area contributed by atoms with Crippen LogP contribution in [0.15, 0.2) is 72.8 Å². The predicted molar refractivity (Wildman–Crippen MR) is 157 cm³/mol. The Kier molecular flexibility index (Phi) is 11.1. The highest BCUT2D eigenvalue weighted by Crippen LogP contribution is 2.37. The van der Waals surface area contributed by atoms with Crippen LogP contribution in [0.25, 0.3) is 16.7 Å². The van der Waals surface area contributed by atoms with Gasteiger partial charge in [0.15, 0.2) is 12.3 Å². The molecule has 0 N–H and O–H groups in total. The fraction of sp³-hybridized carbons (Fsp3) is 0.486. The SMILES string of the molecule is C=CCCC1CCC(c2ccc(-c3ccc(C4=CC=C(CCCCCCCC)C(F)C4F)cc3)cc2F)OC1. The highest BCUT2D eigenvalue weighted by molar-refractivity contribution is 5.75. The minimum absolute atomic E-state index is 0.214. The number of allylic oxidation sites excluding steroid dienone is 5. The van der Waals surface area contributed by atoms with Gasteiger partial charge in [0.2, 0.25) is 0 Å². The van der Waals surface area contributed by atoms with Crippen LogP contribution in [-0.4, -0.2) is 19.0 Å². The third-order valence-corrected chi connectivity index (χ3v) is 8.25. The highest BCUT2D eigenvalue weighted by Gasteiger charge is 2.31. The van der Waals surface area contributed by atoms with Crippen LogP contribution in [0, 0.1) is 11.7 Å². The van der Waals surface area contributed by atoms with Crippen LogP contribution < -0.4 is 0 Å². The first-order valence-electron chi connectivity index (χ1n) is 14.8. The molecule has 1 aliphatic carbocycles. The van der Waals surface area contributed by atoms with Crippen molar-refractivity contribution in [3.8, 4) is 11.1 Å². The van der Waals surface area contributed by atoms with E-state index in [9.17, 15) is 4.39 Å². The van der Waals surface area contributed by atoms with Crippen LogP contribution in [0.4, 0.5) is 13.2 Å². The maximum atomic E-state index is 15.1. The summed E-state index contributed by atoms with van der Waals surface area (Å²) < 4.78 is 51.1. The Hall–Kier alpha value is -2.59. The quantitative estimate of drug-likeness (QED) is 0.183. The van der Waals surface area contributed by atoms with Gasteiger partial charge in [-0.2, -0.15) is 0 Å². The third kappa shape index (κ3) is 7.75. The molecular weight excluding hydrogens is 493 g/mol. The molecule has 0 spiro atoms. The molecule has 2 aromatic rings. The number of halogens is 3. The lowest BCUT2D eigenvalue weighted by Gasteiger charge is -2.29. The van der Waals surface area contributed by atoms with Crippen molar-refractivity contribution in [1.29, 1.82) is 0 Å². The summed E-state index contributed by atoms with van der Waals surface area (Å²) in [5.74, 6) is 0.242. The molecule has 1 saturated heterocycles. The van der Waals surface area contributed by atoms with Gasteiger partial charge in [-0.05, 0) is 78.3 Å². The summed E-state index contributed by atoms with van der Waals surface area (Å²) in [4.78, 5) is 0. The normalized spacial score (nSPS) is 23.3. The lowest BCUT2D eigenvalue weighted by molar-refractivity contribution is -0.0207. The van der Waals surface area contributed by atoms with Crippen LogP contribution in [0.2, 0.25) is 0 Å². The van der Waals surface area contributed by atoms with E-state index >= 15 is 8.78 Å². The third-order valence-electron chi connectivity index (χ3n) is 8.25. The molecule has 2 aliphatic rings. The Morgan fingerprint density at radius 2 is 1.59 bits per heavy atom. The number of benzene rings is 2. The van der Waals surface area contributed by atoms with E-state index in [4.69, 9.17) is 4.74 Å². The monoisotopic (exact) mass is 536 g/mol. The fourth-order valence-corrected chi connectivity index (χ4v) is 5.77. The van der Waals surface area contributed by atoms with Crippen LogP contribution in [0.5, 0.6) is 0 Å². The Balaban J connectivity index is 1.37. The van der Waals surface area contributed by atoms with Gasteiger partial charge in [-0.25, -0.2) is 13.2 Å². The molecule has 1 fully saturated rings. The smallest absolute Gasteiger partial charge is 0.161 e. The standard InChI is InChI=1S/C35H43F3O/c1-3-5-7-8-9-10-12-28-18-20-30(35(38)34(28)37)27-16-14-26(15-17-27)29-19-21-31(32(36)23-29)33-22-13-25(24-39-33)11-6-4-2/h4,14-21,23,25,33-35H,2-3,5-13,22,24H2,1H3. The molecule has 0 amide bonds. The van der Waals surface area contributed by atoms with Crippen LogP contribution >= 0.6 is 0 Å². The Labute approximate surface area is 232 Å². The van der Waals surface area contributed by atoms with Crippen molar-refractivity contribution < 1.29 is 17.9 Å². The van der Waals surface area contributed by atoms with Crippen molar-refractivity contribution in [2.24, 2.45) is 5.92 Å². The summed E-state index contributed by atoms with van der Waals surface area (Å²) in [6.45, 7) is 6.62. The Morgan fingerprint density at radius 1 is 0.872 bits per heavy atom. The largest absolute Gasteiger partial charge is 0.373 e. The lowest BCUT2D eigenvalue weighted by atomic mass is 9.87. The number of unbranched alkanes of at least 4 members (excludes halogenated alkanes) is 5. The maximum absolute atomic E-state index is 15.1. The maximum Gasteiger partial charge on any atom is 0.161 e. The number of rotatable bonds is 13. The minimum Gasteiger partial charge on any atom is -0.373 e. The van der Waals surface area contributed by atoms with Gasteiger partial charge >= 0.3 is 0 Å². The topological polar surface area (TPSA) is 9.23 Å². The van der Waals surface area contributed by atoms with Crippen molar-refractivity contribution in [1.82, 2.24) is 0 Å². The molecule has 4 rings (SSSR count). The van der Waals surface area contributed by atoms with Crippen molar-refractivity contribution in [3.05, 3.63) is 89.8 Å². The summed E-state index contributed by atoms with van der Waals surface area (Å²) in [6, 6.07) is 12.6. The van der Waals surface area contributed by atoms with Crippen molar-refractivity contribution in [3.63, 3.8) is 0 Å². The highest BCUT2D eigenvalue weighted by atomic mass is 19.2. The van der Waals surface area contributed by atoms with Crippen molar-refractivity contribution in [2.75, 3.05) is 6.61 Å². The molecule has 0 bridgehead atoms. The molecule has 2 aromatic carbocycles. The average Bonchev–Trinajstić information content (AvgIpc) is 2.96. The Bertz CT molecular complexity index is 1130. The number of hydrogen-bond donors (Lipinski definition) is 0. The molecule has 0 saturated carbocycles. The molecule has 210 valence electrons. The molecule has 4 unspecified atom stereocenters. The molecule has 1 heterocycles. The van der Waals surface area contributed by atoms with E-state index in [1.807, 2.05) is 30.3 Å². The summed E-state index contributed by atoms with van der Waals surface area (Å²) in [6.07, 6.45) is 13.2. The minimum atomic E-state index is -1.67. The zero-order chi connectivity index (χ0) is 27.6. The van der Waals surface area contributed by atoms with Gasteiger partial charge < -0.3 is 4.74 Å². The number of hydrogen-bond acceptors (Lipinski definition) is 1. The zero-order valence-electron chi connectivity index (χ0n) is 23.3. The average molecular weight is 537 g/mol. The second kappa shape index (κ2) is 14.7. The zero-order valence-corrected chi connectivity index (χ0v) is 23.3. The molecular formula is C35H43F3O. The molecule has 39 heavy (non-hydrogen) atoms. The second-order valence-electron chi connectivity index (χ2n) is 11.1. The van der Waals surface area contributed by atoms with Crippen LogP contribution in [-0.2, 0) is 4.74 Å². The van der Waals surface area contributed by atoms with Gasteiger partial charge in [0.05, 0.1) is 12.7 Å². The molecule has 0 aromatic heterocycles. The van der Waals surface area contributed by atoms with Crippen LogP contribution in [0.1, 0.15) is 94.8 Å². The van der Waals surface area contributed by atoms with E-state index in [1.54, 1.807) is 30.4 Å². The van der Waals surface area contributed by atoms with Crippen molar-refractivity contribution in [2.45, 2.75) is 96.0 Å². The summed E-state index contributed by atoms with van der Waals surface area (Å²) in [7, 11) is 0. The van der Waals surface area contributed by atoms with E-state index in [-0.39, 0.29) is 11.9 Å². The number of alkyl halides is 2. The van der Waals surface area contributed by atoms with Gasteiger partial charge in [-0.3, -0.25) is 0 Å². The summed E-state index contributed by atoms with van der Waals surface area (Å²) in [5, 5.41) is 0. The van der Waals surface area contributed by atoms with E-state index in [0.717, 1.165) is 56.1 Å². The first-order valence-corrected chi connectivity index (χ1v) is 14.8. The van der Waals surface area contributed by atoms with Gasteiger partial charge in [-0.1, -0.05) is 93.7 Å². The molecule has 1 nitrogen and oxygen atoms in total. The first-order chi connectivity index (χ1) is 19.0. The van der Waals surface area contributed by atoms with Crippen LogP contribution in [0.3, 0.4) is 0 Å². The van der Waals surface area contributed by atoms with E-state index < -0.39 is 12.3 Å². The van der Waals surface area contributed by atoms with E-state index in [0.29, 0.717) is 41.2 Å². The molecule has 1 aliphatic heterocycles. The second-order valence-corrected chi connectivity index (χ2v) is 11.1. The lowest BCUT2D eigenvalue weighted by Crippen LogP contribution is -2.24. The van der Waals surface area contributed by atoms with Gasteiger partial charge in [0, 0.05) is 5.56 Å². The molecule has 4 atom stereocenters. The number of ether oxygens (including phenoxy) is 1. The summed E-state index contributed by atoms with van der Waals surface area (Å²) >= 11 is 0. The van der Waals surface area contributed by atoms with E-state index in [2.05, 4.69) is 13.5 Å². The Morgan fingerprint density at radius 3 is 2.28 bits per heavy atom. The summed E-state index contributed by atoms with van der Waals surface area (Å²) in [5.41, 5.74) is 3.76. The fourth-order valence-electron chi connectivity index (χ4n) is 5.77. The molecule has 0 radical (unpaired) electrons. The van der Waals surface area contributed by atoms with E-state index in [1.165, 1.54) is 19.3 Å². The van der Waals surface area contributed by atoms with Gasteiger partial charge in [0.1, 0.15) is 5.82 Å². The predicted octanol–water partition coefficient (Wildman–Crippen LogP) is 10.7.